The fourth-order valence-corrected chi connectivity index (χ4v) is 2.22. The maximum atomic E-state index is 12.8. The Balaban J connectivity index is 2.44. The van der Waals surface area contributed by atoms with Crippen molar-refractivity contribution in [2.24, 2.45) is 11.5 Å². The molecule has 26 heavy (non-hydrogen) atoms. The Bertz CT molecular complexity index is 802. The zero-order chi connectivity index (χ0) is 19.6. The molecule has 1 unspecified atom stereocenters. The lowest BCUT2D eigenvalue weighted by Crippen LogP contribution is -2.40. The van der Waals surface area contributed by atoms with Gasteiger partial charge in [-0.1, -0.05) is 12.1 Å². The van der Waals surface area contributed by atoms with Gasteiger partial charge in [-0.3, -0.25) is 14.5 Å². The highest BCUT2D eigenvalue weighted by molar-refractivity contribution is 5.85. The number of anilines is 2. The summed E-state index contributed by atoms with van der Waals surface area (Å²) in [5, 5.41) is 0. The molecule has 0 saturated heterocycles. The molecule has 2 amide bonds. The molecule has 0 saturated carbocycles. The predicted octanol–water partition coefficient (Wildman–Crippen LogP) is 2.29. The molecular formula is C16H17F3N4O3. The number of halogens is 3. The van der Waals surface area contributed by atoms with Gasteiger partial charge in [0, 0.05) is 5.69 Å². The van der Waals surface area contributed by atoms with Crippen LogP contribution >= 0.6 is 0 Å². The second-order valence-corrected chi connectivity index (χ2v) is 5.68. The molecule has 0 radical (unpaired) electrons. The second-order valence-electron chi connectivity index (χ2n) is 5.68. The van der Waals surface area contributed by atoms with Crippen LogP contribution in [0.2, 0.25) is 0 Å². The first kappa shape index (κ1) is 19.3. The number of rotatable bonds is 6. The van der Waals surface area contributed by atoms with E-state index in [2.05, 4.69) is 4.98 Å². The molecule has 7 nitrogen and oxygen atoms in total. The van der Waals surface area contributed by atoms with Gasteiger partial charge in [-0.05, 0) is 31.5 Å². The van der Waals surface area contributed by atoms with Gasteiger partial charge < -0.3 is 15.9 Å². The van der Waals surface area contributed by atoms with Crippen LogP contribution in [0.15, 0.2) is 34.9 Å². The Kier molecular flexibility index (Phi) is 5.24. The van der Waals surface area contributed by atoms with E-state index in [-0.39, 0.29) is 0 Å². The zero-order valence-electron chi connectivity index (χ0n) is 13.9. The Morgan fingerprint density at radius 2 is 1.69 bits per heavy atom. The summed E-state index contributed by atoms with van der Waals surface area (Å²) < 4.78 is 43.2. The summed E-state index contributed by atoms with van der Waals surface area (Å²) in [4.78, 5) is 27.4. The van der Waals surface area contributed by atoms with Gasteiger partial charge in [0.05, 0.1) is 5.92 Å². The summed E-state index contributed by atoms with van der Waals surface area (Å²) >= 11 is 0. The van der Waals surface area contributed by atoms with Crippen molar-refractivity contribution in [3.63, 3.8) is 0 Å². The number of carbonyl (C=O) groups excluding carboxylic acids is 2. The molecule has 2 atom stereocenters. The maximum Gasteiger partial charge on any atom is 0.436 e. The number of nitrogens with two attached hydrogens (primary N) is 2. The highest BCUT2D eigenvalue weighted by Crippen LogP contribution is 2.34. The van der Waals surface area contributed by atoms with Gasteiger partial charge in [0.25, 0.3) is 0 Å². The van der Waals surface area contributed by atoms with E-state index in [9.17, 15) is 22.8 Å². The van der Waals surface area contributed by atoms with Gasteiger partial charge in [0.15, 0.2) is 5.69 Å². The monoisotopic (exact) mass is 370 g/mol. The summed E-state index contributed by atoms with van der Waals surface area (Å²) in [5.41, 5.74) is 10.2. The number of carbonyl (C=O) groups is 2. The molecule has 4 N–H and O–H groups in total. The Labute approximate surface area is 146 Å². The van der Waals surface area contributed by atoms with Crippen LogP contribution in [0, 0.1) is 0 Å². The molecule has 0 fully saturated rings. The number of alkyl halides is 3. The minimum absolute atomic E-state index is 0.312. The lowest BCUT2D eigenvalue weighted by molar-refractivity contribution is -0.141. The van der Waals surface area contributed by atoms with E-state index in [0.717, 1.165) is 4.90 Å². The fourth-order valence-electron chi connectivity index (χ4n) is 2.22. The number of aromatic nitrogens is 1. The van der Waals surface area contributed by atoms with Gasteiger partial charge in [-0.15, -0.1) is 0 Å². The van der Waals surface area contributed by atoms with Crippen LogP contribution in [0.5, 0.6) is 0 Å². The van der Waals surface area contributed by atoms with E-state index in [4.69, 9.17) is 15.9 Å². The van der Waals surface area contributed by atoms with Crippen LogP contribution in [0.3, 0.4) is 0 Å². The predicted molar refractivity (Wildman–Crippen MR) is 86.4 cm³/mol. The molecule has 0 bridgehead atoms. The van der Waals surface area contributed by atoms with Crippen molar-refractivity contribution in [1.29, 1.82) is 0 Å². The molecule has 0 aliphatic carbocycles. The second kappa shape index (κ2) is 7.06. The van der Waals surface area contributed by atoms with Crippen LogP contribution in [0.4, 0.5) is 24.9 Å². The number of amides is 2. The molecule has 2 aromatic rings. The molecular weight excluding hydrogens is 353 g/mol. The van der Waals surface area contributed by atoms with Crippen LogP contribution < -0.4 is 16.4 Å². The van der Waals surface area contributed by atoms with Gasteiger partial charge in [-0.2, -0.15) is 18.2 Å². The van der Waals surface area contributed by atoms with Crippen molar-refractivity contribution in [3.05, 3.63) is 41.8 Å². The quantitative estimate of drug-likeness (QED) is 0.809. The van der Waals surface area contributed by atoms with Crippen LogP contribution in [-0.2, 0) is 15.8 Å². The van der Waals surface area contributed by atoms with E-state index in [0.29, 0.717) is 17.5 Å². The van der Waals surface area contributed by atoms with Crippen molar-refractivity contribution in [2.45, 2.75) is 32.0 Å². The third-order valence-electron chi connectivity index (χ3n) is 3.89. The topological polar surface area (TPSA) is 115 Å². The van der Waals surface area contributed by atoms with Crippen molar-refractivity contribution >= 4 is 23.5 Å². The van der Waals surface area contributed by atoms with E-state index < -0.39 is 41.7 Å². The van der Waals surface area contributed by atoms with Gasteiger partial charge in [0.2, 0.25) is 11.8 Å². The lowest BCUT2D eigenvalue weighted by Gasteiger charge is -2.25. The first-order valence-electron chi connectivity index (χ1n) is 7.53. The highest BCUT2D eigenvalue weighted by Gasteiger charge is 2.36. The average molecular weight is 370 g/mol. The van der Waals surface area contributed by atoms with Crippen LogP contribution in [0.1, 0.15) is 31.0 Å². The molecule has 0 spiro atoms. The molecule has 0 aliphatic heterocycles. The fraction of sp³-hybridized carbons (Fsp3) is 0.312. The Morgan fingerprint density at radius 3 is 2.12 bits per heavy atom. The van der Waals surface area contributed by atoms with E-state index >= 15 is 0 Å². The van der Waals surface area contributed by atoms with Gasteiger partial charge in [-0.25, -0.2) is 0 Å². The largest absolute Gasteiger partial charge is 0.436 e. The number of hydrogen-bond acceptors (Lipinski definition) is 5. The Hall–Kier alpha value is -3.04. The van der Waals surface area contributed by atoms with Crippen LogP contribution in [0.25, 0.3) is 0 Å². The number of benzene rings is 1. The third-order valence-corrected chi connectivity index (χ3v) is 3.89. The molecule has 140 valence electrons. The number of nitrogens with zero attached hydrogens (tertiary/aromatic N) is 2. The summed E-state index contributed by atoms with van der Waals surface area (Å²) in [5.74, 6) is -1.86. The van der Waals surface area contributed by atoms with E-state index in [1.807, 2.05) is 0 Å². The number of oxazole rings is 1. The third kappa shape index (κ3) is 3.95. The van der Waals surface area contributed by atoms with Gasteiger partial charge in [0.1, 0.15) is 12.3 Å². The first-order chi connectivity index (χ1) is 12.0. The number of hydrogen-bond donors (Lipinski definition) is 2. The molecule has 1 heterocycles. The molecule has 0 aliphatic rings. The lowest BCUT2D eigenvalue weighted by atomic mass is 10.0. The molecule has 1 aromatic carbocycles. The molecule has 2 rings (SSSR count). The first-order valence-corrected chi connectivity index (χ1v) is 7.53. The summed E-state index contributed by atoms with van der Waals surface area (Å²) in [6.07, 6.45) is -4.23. The average Bonchev–Trinajstić information content (AvgIpc) is 3.04. The molecule has 1 aromatic heterocycles. The SMILES string of the molecule is CC(C(N)=O)c1ccc(N(c2nc(C(F)(F)F)co2)[C@@H](C)C(N)=O)cc1. The summed E-state index contributed by atoms with van der Waals surface area (Å²) in [6, 6.07) is 4.68. The van der Waals surface area contributed by atoms with E-state index in [1.165, 1.54) is 19.1 Å². The van der Waals surface area contributed by atoms with Crippen LogP contribution in [-0.4, -0.2) is 22.8 Å². The summed E-state index contributed by atoms with van der Waals surface area (Å²) in [7, 11) is 0. The number of primary amides is 2. The maximum absolute atomic E-state index is 12.8. The highest BCUT2D eigenvalue weighted by atomic mass is 19.4. The van der Waals surface area contributed by atoms with E-state index in [1.54, 1.807) is 19.1 Å². The minimum atomic E-state index is -4.69. The van der Waals surface area contributed by atoms with Crippen molar-refractivity contribution in [2.75, 3.05) is 4.90 Å². The van der Waals surface area contributed by atoms with Crippen molar-refractivity contribution in [1.82, 2.24) is 4.98 Å². The Morgan fingerprint density at radius 1 is 1.12 bits per heavy atom. The van der Waals surface area contributed by atoms with Crippen molar-refractivity contribution in [3.8, 4) is 0 Å². The van der Waals surface area contributed by atoms with Gasteiger partial charge >= 0.3 is 12.2 Å². The zero-order valence-corrected chi connectivity index (χ0v) is 13.9. The standard InChI is InChI=1S/C16H17F3N4O3/c1-8(13(20)24)10-3-5-11(6-4-10)23(9(2)14(21)25)15-22-12(7-26-15)16(17,18)19/h3-9H,1-2H3,(H2,20,24)(H2,21,25)/t8?,9-/m0/s1. The molecule has 10 heteroatoms. The smallest absolute Gasteiger partial charge is 0.431 e. The normalized spacial score (nSPS) is 13.9. The van der Waals surface area contributed by atoms with Crippen molar-refractivity contribution < 1.29 is 27.2 Å². The minimum Gasteiger partial charge on any atom is -0.431 e. The summed E-state index contributed by atoms with van der Waals surface area (Å²) in [6.45, 7) is 3.02.